The van der Waals surface area contributed by atoms with Crippen LogP contribution in [0.1, 0.15) is 19.3 Å². The highest BCUT2D eigenvalue weighted by molar-refractivity contribution is 6.05. The van der Waals surface area contributed by atoms with Crippen molar-refractivity contribution in [3.8, 4) is 0 Å². The number of allylic oxidation sites excluding steroid dienone is 2. The number of rotatable bonds is 7. The molecule has 9 nitrogen and oxygen atoms in total. The standard InChI is InChI=1S/C16H21N3O6/c1-17-12(20)8-18-13(21)9-25-14(22)6-7-19-15(23)10-4-2-3-5-11(10)16(19)24/h2-3,10-11H,4-9H2,1H3,(H,17,20)(H,18,21)/t10-,11-/m0/s1. The van der Waals surface area contributed by atoms with E-state index in [-0.39, 0.29) is 49.1 Å². The molecule has 0 aromatic heterocycles. The van der Waals surface area contributed by atoms with E-state index in [1.165, 1.54) is 7.05 Å². The molecule has 2 aliphatic rings. The Labute approximate surface area is 144 Å². The molecule has 0 aromatic carbocycles. The number of likely N-dealkylation sites (N-methyl/N-ethyl adjacent to an activating group) is 1. The Hall–Kier alpha value is -2.71. The molecule has 0 bridgehead atoms. The molecule has 4 amide bonds. The van der Waals surface area contributed by atoms with Crippen LogP contribution < -0.4 is 10.6 Å². The predicted octanol–water partition coefficient (Wildman–Crippen LogP) is -1.27. The summed E-state index contributed by atoms with van der Waals surface area (Å²) < 4.78 is 4.77. The van der Waals surface area contributed by atoms with Gasteiger partial charge in [0.15, 0.2) is 6.61 Å². The van der Waals surface area contributed by atoms with E-state index in [9.17, 15) is 24.0 Å². The van der Waals surface area contributed by atoms with Gasteiger partial charge in [-0.1, -0.05) is 12.2 Å². The molecule has 0 spiro atoms. The van der Waals surface area contributed by atoms with Crippen LogP contribution in [0.4, 0.5) is 0 Å². The van der Waals surface area contributed by atoms with E-state index >= 15 is 0 Å². The maximum absolute atomic E-state index is 12.2. The summed E-state index contributed by atoms with van der Waals surface area (Å²) in [5.41, 5.74) is 0. The number of hydrogen-bond acceptors (Lipinski definition) is 6. The normalized spacial score (nSPS) is 21.7. The Kier molecular flexibility index (Phi) is 6.26. The first-order valence-electron chi connectivity index (χ1n) is 8.07. The summed E-state index contributed by atoms with van der Waals surface area (Å²) in [6.45, 7) is -0.781. The molecule has 1 aliphatic heterocycles. The summed E-state index contributed by atoms with van der Waals surface area (Å²) in [5, 5.41) is 4.61. The number of carbonyl (C=O) groups is 5. The second-order valence-corrected chi connectivity index (χ2v) is 5.84. The lowest BCUT2D eigenvalue weighted by Crippen LogP contribution is -2.37. The highest BCUT2D eigenvalue weighted by Gasteiger charge is 2.46. The summed E-state index contributed by atoms with van der Waals surface area (Å²) in [4.78, 5) is 59.6. The molecule has 1 fully saturated rings. The van der Waals surface area contributed by atoms with E-state index < -0.39 is 18.5 Å². The number of carbonyl (C=O) groups excluding carboxylic acids is 5. The number of ether oxygens (including phenoxy) is 1. The zero-order chi connectivity index (χ0) is 18.4. The van der Waals surface area contributed by atoms with Crippen molar-refractivity contribution in [3.63, 3.8) is 0 Å². The van der Waals surface area contributed by atoms with Crippen LogP contribution in [0.5, 0.6) is 0 Å². The van der Waals surface area contributed by atoms with Crippen molar-refractivity contribution >= 4 is 29.6 Å². The summed E-state index contributed by atoms with van der Waals surface area (Å²) in [7, 11) is 1.43. The van der Waals surface area contributed by atoms with Gasteiger partial charge in [0.25, 0.3) is 5.91 Å². The maximum atomic E-state index is 12.2. The first-order valence-corrected chi connectivity index (χ1v) is 8.07. The van der Waals surface area contributed by atoms with Crippen molar-refractivity contribution in [2.75, 3.05) is 26.7 Å². The van der Waals surface area contributed by atoms with Gasteiger partial charge in [0.2, 0.25) is 17.7 Å². The molecule has 0 unspecified atom stereocenters. The molecule has 1 heterocycles. The molecule has 2 N–H and O–H groups in total. The molecule has 25 heavy (non-hydrogen) atoms. The van der Waals surface area contributed by atoms with Crippen molar-refractivity contribution in [1.29, 1.82) is 0 Å². The van der Waals surface area contributed by atoms with Gasteiger partial charge in [0.1, 0.15) is 0 Å². The number of nitrogens with zero attached hydrogens (tertiary/aromatic N) is 1. The van der Waals surface area contributed by atoms with Crippen LogP contribution >= 0.6 is 0 Å². The van der Waals surface area contributed by atoms with Crippen molar-refractivity contribution in [2.24, 2.45) is 11.8 Å². The largest absolute Gasteiger partial charge is 0.456 e. The first kappa shape index (κ1) is 18.6. The number of likely N-dealkylation sites (tertiary alicyclic amines) is 1. The van der Waals surface area contributed by atoms with Gasteiger partial charge in [-0.15, -0.1) is 0 Å². The minimum absolute atomic E-state index is 0.0522. The second-order valence-electron chi connectivity index (χ2n) is 5.84. The fourth-order valence-corrected chi connectivity index (χ4v) is 2.83. The number of hydrogen-bond donors (Lipinski definition) is 2. The summed E-state index contributed by atoms with van der Waals surface area (Å²) in [5.74, 6) is -2.84. The Morgan fingerprint density at radius 1 is 1.12 bits per heavy atom. The molecule has 136 valence electrons. The third-order valence-corrected chi connectivity index (χ3v) is 4.23. The Balaban J connectivity index is 1.71. The Morgan fingerprint density at radius 2 is 1.72 bits per heavy atom. The van der Waals surface area contributed by atoms with Gasteiger partial charge in [-0.25, -0.2) is 0 Å². The average molecular weight is 351 g/mol. The van der Waals surface area contributed by atoms with Crippen LogP contribution in [-0.4, -0.2) is 61.2 Å². The van der Waals surface area contributed by atoms with Gasteiger partial charge in [0, 0.05) is 13.6 Å². The van der Waals surface area contributed by atoms with E-state index in [0.29, 0.717) is 12.8 Å². The zero-order valence-electron chi connectivity index (χ0n) is 13.9. The molecule has 1 saturated heterocycles. The third kappa shape index (κ3) is 4.65. The Morgan fingerprint density at radius 3 is 2.28 bits per heavy atom. The lowest BCUT2D eigenvalue weighted by Gasteiger charge is -2.14. The van der Waals surface area contributed by atoms with Crippen molar-refractivity contribution in [3.05, 3.63) is 12.2 Å². The molecule has 2 atom stereocenters. The number of esters is 1. The molecule has 1 aliphatic carbocycles. The van der Waals surface area contributed by atoms with Crippen LogP contribution in [0.15, 0.2) is 12.2 Å². The van der Waals surface area contributed by atoms with E-state index in [0.717, 1.165) is 4.90 Å². The van der Waals surface area contributed by atoms with Crippen LogP contribution in [-0.2, 0) is 28.7 Å². The van der Waals surface area contributed by atoms with E-state index in [4.69, 9.17) is 4.74 Å². The van der Waals surface area contributed by atoms with Gasteiger partial charge in [-0.05, 0) is 12.8 Å². The van der Waals surface area contributed by atoms with E-state index in [2.05, 4.69) is 10.6 Å². The van der Waals surface area contributed by atoms with Crippen LogP contribution in [0, 0.1) is 11.8 Å². The fraction of sp³-hybridized carbons (Fsp3) is 0.562. The topological polar surface area (TPSA) is 122 Å². The third-order valence-electron chi connectivity index (χ3n) is 4.23. The summed E-state index contributed by atoms with van der Waals surface area (Å²) in [6, 6.07) is 0. The van der Waals surface area contributed by atoms with Crippen LogP contribution in [0.2, 0.25) is 0 Å². The van der Waals surface area contributed by atoms with E-state index in [1.807, 2.05) is 12.2 Å². The SMILES string of the molecule is CNC(=O)CNC(=O)COC(=O)CCN1C(=O)[C@H]2CC=CC[C@@H]2C1=O. The molecular weight excluding hydrogens is 330 g/mol. The molecule has 0 radical (unpaired) electrons. The smallest absolute Gasteiger partial charge is 0.308 e. The minimum Gasteiger partial charge on any atom is -0.456 e. The van der Waals surface area contributed by atoms with Gasteiger partial charge in [0.05, 0.1) is 24.8 Å². The Bertz CT molecular complexity index is 589. The van der Waals surface area contributed by atoms with Gasteiger partial charge in [-0.3, -0.25) is 28.9 Å². The molecule has 2 rings (SSSR count). The fourth-order valence-electron chi connectivity index (χ4n) is 2.83. The lowest BCUT2D eigenvalue weighted by molar-refractivity contribution is -0.149. The molecule has 9 heteroatoms. The van der Waals surface area contributed by atoms with Crippen LogP contribution in [0.3, 0.4) is 0 Å². The van der Waals surface area contributed by atoms with Crippen molar-refractivity contribution in [2.45, 2.75) is 19.3 Å². The first-order chi connectivity index (χ1) is 11.9. The predicted molar refractivity (Wildman–Crippen MR) is 84.7 cm³/mol. The van der Waals surface area contributed by atoms with E-state index in [1.54, 1.807) is 0 Å². The molecule has 0 saturated carbocycles. The minimum atomic E-state index is -0.691. The lowest BCUT2D eigenvalue weighted by atomic mass is 9.85. The van der Waals surface area contributed by atoms with Crippen molar-refractivity contribution in [1.82, 2.24) is 15.5 Å². The monoisotopic (exact) mass is 351 g/mol. The number of amides is 4. The summed E-state index contributed by atoms with van der Waals surface area (Å²) >= 11 is 0. The second kappa shape index (κ2) is 8.41. The average Bonchev–Trinajstić information content (AvgIpc) is 2.87. The number of imide groups is 1. The summed E-state index contributed by atoms with van der Waals surface area (Å²) in [6.07, 6.45) is 4.69. The maximum Gasteiger partial charge on any atom is 0.308 e. The molecular formula is C16H21N3O6. The van der Waals surface area contributed by atoms with Gasteiger partial charge in [-0.2, -0.15) is 0 Å². The van der Waals surface area contributed by atoms with Gasteiger partial charge < -0.3 is 15.4 Å². The van der Waals surface area contributed by atoms with Gasteiger partial charge >= 0.3 is 5.97 Å². The molecule has 0 aromatic rings. The highest BCUT2D eigenvalue weighted by atomic mass is 16.5. The quantitative estimate of drug-likeness (QED) is 0.335. The highest BCUT2D eigenvalue weighted by Crippen LogP contribution is 2.34. The number of fused-ring (bicyclic) bond motifs is 1. The van der Waals surface area contributed by atoms with Crippen molar-refractivity contribution < 1.29 is 28.7 Å². The van der Waals surface area contributed by atoms with Crippen LogP contribution in [0.25, 0.3) is 0 Å². The zero-order valence-corrected chi connectivity index (χ0v) is 13.9. The number of nitrogens with one attached hydrogen (secondary N) is 2.